The number of nitrogens with zero attached hydrogens (tertiary/aromatic N) is 4. The predicted molar refractivity (Wildman–Crippen MR) is 202 cm³/mol. The maximum Gasteiger partial charge on any atom is 0.238 e. The van der Waals surface area contributed by atoms with Crippen LogP contribution in [0.4, 0.5) is 0 Å². The third kappa shape index (κ3) is 3.66. The number of fused-ring (bicyclic) bond motifs is 12. The van der Waals surface area contributed by atoms with Gasteiger partial charge in [-0.15, -0.1) is 0 Å². The Balaban J connectivity index is 1.39. The van der Waals surface area contributed by atoms with E-state index < -0.39 is 0 Å². The van der Waals surface area contributed by atoms with Crippen LogP contribution in [0.2, 0.25) is 0 Å². The van der Waals surface area contributed by atoms with Crippen molar-refractivity contribution in [2.24, 2.45) is 0 Å². The molecule has 10 aromatic rings. The molecule has 2 aromatic heterocycles. The van der Waals surface area contributed by atoms with Gasteiger partial charge in [0.15, 0.2) is 11.6 Å². The van der Waals surface area contributed by atoms with Crippen molar-refractivity contribution < 1.29 is 0 Å². The summed E-state index contributed by atoms with van der Waals surface area (Å²) in [6.45, 7) is 0. The fourth-order valence-corrected chi connectivity index (χ4v) is 8.13. The topological polar surface area (TPSA) is 43.6 Å². The fourth-order valence-electron chi connectivity index (χ4n) is 8.13. The molecule has 2 heterocycles. The maximum atomic E-state index is 5.29. The van der Waals surface area contributed by atoms with Crippen molar-refractivity contribution in [2.45, 2.75) is 0 Å². The van der Waals surface area contributed by atoms with Gasteiger partial charge in [0.1, 0.15) is 0 Å². The van der Waals surface area contributed by atoms with Crippen LogP contribution >= 0.6 is 0 Å². The molecule has 49 heavy (non-hydrogen) atoms. The first-order chi connectivity index (χ1) is 24.3. The number of rotatable bonds is 3. The Labute approximate surface area is 281 Å². The van der Waals surface area contributed by atoms with Gasteiger partial charge in [-0.1, -0.05) is 152 Å². The van der Waals surface area contributed by atoms with Crippen molar-refractivity contribution in [3.8, 4) is 51.0 Å². The monoisotopic (exact) mass is 622 g/mol. The summed E-state index contributed by atoms with van der Waals surface area (Å²) in [5.41, 5.74) is 9.14. The Morgan fingerprint density at radius 1 is 0.347 bits per heavy atom. The molecule has 0 radical (unpaired) electrons. The van der Waals surface area contributed by atoms with Gasteiger partial charge in [0, 0.05) is 27.3 Å². The van der Waals surface area contributed by atoms with Crippen molar-refractivity contribution >= 4 is 54.1 Å². The second kappa shape index (κ2) is 9.93. The van der Waals surface area contributed by atoms with E-state index in [4.69, 9.17) is 15.0 Å². The van der Waals surface area contributed by atoms with Gasteiger partial charge in [0.05, 0.1) is 11.0 Å². The van der Waals surface area contributed by atoms with Crippen LogP contribution in [0.1, 0.15) is 0 Å². The van der Waals surface area contributed by atoms with Gasteiger partial charge >= 0.3 is 0 Å². The van der Waals surface area contributed by atoms with E-state index in [0.717, 1.165) is 22.2 Å². The van der Waals surface area contributed by atoms with Crippen LogP contribution in [0, 0.1) is 0 Å². The Bertz CT molecular complexity index is 2920. The summed E-state index contributed by atoms with van der Waals surface area (Å²) in [5.74, 6) is 1.88. The molecule has 0 aliphatic heterocycles. The van der Waals surface area contributed by atoms with Gasteiger partial charge in [-0.05, 0) is 55.3 Å². The molecular weight excluding hydrogens is 597 g/mol. The number of aromatic nitrogens is 4. The van der Waals surface area contributed by atoms with E-state index in [1.807, 2.05) is 36.4 Å². The van der Waals surface area contributed by atoms with Crippen LogP contribution < -0.4 is 0 Å². The molecule has 4 nitrogen and oxygen atoms in total. The predicted octanol–water partition coefficient (Wildman–Crippen LogP) is 11.4. The molecule has 0 N–H and O–H groups in total. The molecule has 0 saturated heterocycles. The van der Waals surface area contributed by atoms with Gasteiger partial charge < -0.3 is 0 Å². The van der Waals surface area contributed by atoms with Gasteiger partial charge in [0.2, 0.25) is 5.95 Å². The first kappa shape index (κ1) is 26.4. The second-order valence-corrected chi connectivity index (χ2v) is 12.8. The second-order valence-electron chi connectivity index (χ2n) is 12.8. The first-order valence-electron chi connectivity index (χ1n) is 16.6. The molecule has 0 atom stereocenters. The highest BCUT2D eigenvalue weighted by molar-refractivity contribution is 6.38. The summed E-state index contributed by atoms with van der Waals surface area (Å²) < 4.78 is 2.31. The van der Waals surface area contributed by atoms with Crippen LogP contribution in [0.3, 0.4) is 0 Å². The normalized spacial score (nSPS) is 12.1. The molecular formula is C45H26N4. The Kier molecular flexibility index (Phi) is 5.35. The molecule has 0 spiro atoms. The SMILES string of the molecule is c1ccc(-c2nc(-c3ccccc3)nc(-n3c4cc5c6c(cccc6c4c4c6ccccc6c6ccccc6c43)-c3ccccc3-5)n2)cc1. The first-order valence-corrected chi connectivity index (χ1v) is 16.6. The van der Waals surface area contributed by atoms with E-state index in [1.54, 1.807) is 0 Å². The quantitative estimate of drug-likeness (QED) is 0.184. The smallest absolute Gasteiger partial charge is 0.238 e. The molecule has 0 fully saturated rings. The highest BCUT2D eigenvalue weighted by atomic mass is 15.2. The van der Waals surface area contributed by atoms with Crippen LogP contribution in [0.5, 0.6) is 0 Å². The minimum Gasteiger partial charge on any atom is -0.277 e. The molecule has 1 aliphatic rings. The maximum absolute atomic E-state index is 5.29. The van der Waals surface area contributed by atoms with Crippen LogP contribution in [-0.2, 0) is 0 Å². The zero-order valence-electron chi connectivity index (χ0n) is 26.3. The number of benzene rings is 8. The molecule has 0 amide bonds. The van der Waals surface area contributed by atoms with E-state index in [-0.39, 0.29) is 0 Å². The summed E-state index contributed by atoms with van der Waals surface area (Å²) in [5, 5.41) is 9.81. The van der Waals surface area contributed by atoms with Crippen LogP contribution in [-0.4, -0.2) is 19.5 Å². The van der Waals surface area contributed by atoms with Gasteiger partial charge in [-0.2, -0.15) is 9.97 Å². The lowest BCUT2D eigenvalue weighted by Crippen LogP contribution is -2.06. The van der Waals surface area contributed by atoms with E-state index >= 15 is 0 Å². The molecule has 1 aliphatic carbocycles. The zero-order chi connectivity index (χ0) is 32.1. The Morgan fingerprint density at radius 2 is 0.857 bits per heavy atom. The van der Waals surface area contributed by atoms with E-state index in [9.17, 15) is 0 Å². The molecule has 4 heteroatoms. The largest absolute Gasteiger partial charge is 0.277 e. The fraction of sp³-hybridized carbons (Fsp3) is 0. The van der Waals surface area contributed by atoms with E-state index in [0.29, 0.717) is 17.6 Å². The summed E-state index contributed by atoms with van der Waals surface area (Å²) in [7, 11) is 0. The van der Waals surface area contributed by atoms with Gasteiger partial charge in [-0.3, -0.25) is 4.57 Å². The van der Waals surface area contributed by atoms with E-state index in [2.05, 4.69) is 126 Å². The standard InChI is InChI=1S/C45H26N4/c1-3-14-27(15-4-1)43-46-44(28-16-5-2-6-17-28)48-45(47-43)49-38-26-37-32-21-8-7-19-30(32)33-24-13-25-36(39(33)37)40(38)41-34-22-11-9-18-29(34)31-20-10-12-23-35(31)42(41)49/h1-26H. The highest BCUT2D eigenvalue weighted by Crippen LogP contribution is 2.52. The van der Waals surface area contributed by atoms with Crippen LogP contribution in [0.25, 0.3) is 105 Å². The third-order valence-electron chi connectivity index (χ3n) is 10.2. The average molecular weight is 623 g/mol. The molecule has 0 bridgehead atoms. The van der Waals surface area contributed by atoms with Crippen molar-refractivity contribution in [1.29, 1.82) is 0 Å². The average Bonchev–Trinajstić information content (AvgIpc) is 3.70. The summed E-state index contributed by atoms with van der Waals surface area (Å²) in [4.78, 5) is 15.6. The molecule has 11 rings (SSSR count). The van der Waals surface area contributed by atoms with Crippen molar-refractivity contribution in [2.75, 3.05) is 0 Å². The lowest BCUT2D eigenvalue weighted by Gasteiger charge is -2.13. The molecule has 0 saturated carbocycles. The minimum absolute atomic E-state index is 0.599. The lowest BCUT2D eigenvalue weighted by atomic mass is 9.94. The van der Waals surface area contributed by atoms with Crippen molar-refractivity contribution in [3.63, 3.8) is 0 Å². The number of hydrogen-bond acceptors (Lipinski definition) is 3. The van der Waals surface area contributed by atoms with Gasteiger partial charge in [-0.25, -0.2) is 4.98 Å². The highest BCUT2D eigenvalue weighted by Gasteiger charge is 2.28. The molecule has 226 valence electrons. The molecule has 8 aromatic carbocycles. The minimum atomic E-state index is 0.599. The van der Waals surface area contributed by atoms with Crippen molar-refractivity contribution in [1.82, 2.24) is 19.5 Å². The number of hydrogen-bond donors (Lipinski definition) is 0. The zero-order valence-corrected chi connectivity index (χ0v) is 26.3. The third-order valence-corrected chi connectivity index (χ3v) is 10.2. The van der Waals surface area contributed by atoms with Crippen LogP contribution in [0.15, 0.2) is 158 Å². The Morgan fingerprint density at radius 3 is 1.53 bits per heavy atom. The summed E-state index contributed by atoms with van der Waals surface area (Å²) in [6.07, 6.45) is 0. The summed E-state index contributed by atoms with van der Waals surface area (Å²) in [6, 6.07) is 55.9. The molecule has 0 unspecified atom stereocenters. The van der Waals surface area contributed by atoms with E-state index in [1.165, 1.54) is 65.3 Å². The van der Waals surface area contributed by atoms with Crippen molar-refractivity contribution in [3.05, 3.63) is 158 Å². The summed E-state index contributed by atoms with van der Waals surface area (Å²) >= 11 is 0. The van der Waals surface area contributed by atoms with Gasteiger partial charge in [0.25, 0.3) is 0 Å². The lowest BCUT2D eigenvalue weighted by molar-refractivity contribution is 0.955. The Hall–Kier alpha value is -6.65.